The van der Waals surface area contributed by atoms with Crippen molar-refractivity contribution in [3.63, 3.8) is 0 Å². The maximum atomic E-state index is 12.2. The number of carbonyl (C=O) groups excluding carboxylic acids is 2. The van der Waals surface area contributed by atoms with Crippen LogP contribution >= 0.6 is 11.8 Å². The Balaban J connectivity index is 1.94. The summed E-state index contributed by atoms with van der Waals surface area (Å²) in [6, 6.07) is 3.17. The SMILES string of the molecule is CC(C)=CC(=O)N1CSCC1C(=O)NCc1ccco1. The first kappa shape index (κ1) is 14.7. The van der Waals surface area contributed by atoms with Gasteiger partial charge in [0.2, 0.25) is 11.8 Å². The zero-order valence-corrected chi connectivity index (χ0v) is 12.4. The van der Waals surface area contributed by atoms with E-state index in [4.69, 9.17) is 4.42 Å². The van der Waals surface area contributed by atoms with Gasteiger partial charge in [-0.3, -0.25) is 9.59 Å². The van der Waals surface area contributed by atoms with Crippen LogP contribution in [0.4, 0.5) is 0 Å². The second-order valence-corrected chi connectivity index (χ2v) is 5.84. The summed E-state index contributed by atoms with van der Waals surface area (Å²) in [6.07, 6.45) is 3.14. The van der Waals surface area contributed by atoms with Gasteiger partial charge in [-0.05, 0) is 26.0 Å². The van der Waals surface area contributed by atoms with Crippen molar-refractivity contribution >= 4 is 23.6 Å². The van der Waals surface area contributed by atoms with Crippen LogP contribution in [0.1, 0.15) is 19.6 Å². The third kappa shape index (κ3) is 3.66. The normalized spacial score (nSPS) is 17.9. The molecular weight excluding hydrogens is 276 g/mol. The largest absolute Gasteiger partial charge is 0.467 e. The number of nitrogens with zero attached hydrogens (tertiary/aromatic N) is 1. The second kappa shape index (κ2) is 6.65. The van der Waals surface area contributed by atoms with Crippen LogP contribution in [-0.4, -0.2) is 34.4 Å². The van der Waals surface area contributed by atoms with Gasteiger partial charge < -0.3 is 14.6 Å². The topological polar surface area (TPSA) is 62.6 Å². The molecule has 1 atom stereocenters. The molecule has 0 saturated carbocycles. The van der Waals surface area contributed by atoms with Gasteiger partial charge in [-0.2, -0.15) is 0 Å². The number of furan rings is 1. The predicted octanol–water partition coefficient (Wildman–Crippen LogP) is 1.76. The Morgan fingerprint density at radius 2 is 2.35 bits per heavy atom. The molecule has 1 saturated heterocycles. The smallest absolute Gasteiger partial charge is 0.247 e. The van der Waals surface area contributed by atoms with E-state index in [0.29, 0.717) is 23.9 Å². The van der Waals surface area contributed by atoms with Crippen LogP contribution in [0, 0.1) is 0 Å². The molecule has 1 aromatic rings. The lowest BCUT2D eigenvalue weighted by atomic mass is 10.2. The van der Waals surface area contributed by atoms with Crippen molar-refractivity contribution in [1.29, 1.82) is 0 Å². The summed E-state index contributed by atoms with van der Waals surface area (Å²) in [7, 11) is 0. The van der Waals surface area contributed by atoms with E-state index in [-0.39, 0.29) is 11.8 Å². The summed E-state index contributed by atoms with van der Waals surface area (Å²) in [5, 5.41) is 2.80. The Bertz CT molecular complexity index is 506. The summed E-state index contributed by atoms with van der Waals surface area (Å²) in [5.74, 6) is 1.65. The quantitative estimate of drug-likeness (QED) is 0.860. The van der Waals surface area contributed by atoms with E-state index < -0.39 is 6.04 Å². The molecule has 2 rings (SSSR count). The van der Waals surface area contributed by atoms with Crippen molar-refractivity contribution in [2.24, 2.45) is 0 Å². The van der Waals surface area contributed by atoms with Crippen molar-refractivity contribution in [1.82, 2.24) is 10.2 Å². The van der Waals surface area contributed by atoms with Gasteiger partial charge >= 0.3 is 0 Å². The third-order valence-electron chi connectivity index (χ3n) is 2.90. The molecule has 1 unspecified atom stereocenters. The Morgan fingerprint density at radius 1 is 1.55 bits per heavy atom. The standard InChI is InChI=1S/C14H18N2O3S/c1-10(2)6-13(17)16-9-20-8-12(16)14(18)15-7-11-4-3-5-19-11/h3-6,12H,7-9H2,1-2H3,(H,15,18). The van der Waals surface area contributed by atoms with E-state index in [0.717, 1.165) is 5.57 Å². The molecule has 2 heterocycles. The Morgan fingerprint density at radius 3 is 3.00 bits per heavy atom. The minimum Gasteiger partial charge on any atom is -0.467 e. The summed E-state index contributed by atoms with van der Waals surface area (Å²) < 4.78 is 5.16. The molecule has 1 aliphatic rings. The first-order valence-electron chi connectivity index (χ1n) is 6.41. The Kier molecular flexibility index (Phi) is 4.89. The fourth-order valence-corrected chi connectivity index (χ4v) is 3.08. The third-order valence-corrected chi connectivity index (χ3v) is 3.91. The monoisotopic (exact) mass is 294 g/mol. The molecule has 0 radical (unpaired) electrons. The number of carbonyl (C=O) groups is 2. The van der Waals surface area contributed by atoms with Crippen LogP contribution < -0.4 is 5.32 Å². The first-order valence-corrected chi connectivity index (χ1v) is 7.56. The molecule has 1 N–H and O–H groups in total. The number of allylic oxidation sites excluding steroid dienone is 1. The second-order valence-electron chi connectivity index (χ2n) is 4.84. The van der Waals surface area contributed by atoms with Crippen molar-refractivity contribution < 1.29 is 14.0 Å². The lowest BCUT2D eigenvalue weighted by molar-refractivity contribution is -0.134. The molecular formula is C14H18N2O3S. The molecule has 2 amide bonds. The number of hydrogen-bond acceptors (Lipinski definition) is 4. The van der Waals surface area contributed by atoms with Crippen molar-refractivity contribution in [2.75, 3.05) is 11.6 Å². The van der Waals surface area contributed by atoms with Gasteiger partial charge in [-0.25, -0.2) is 0 Å². The highest BCUT2D eigenvalue weighted by atomic mass is 32.2. The minimum atomic E-state index is -0.405. The minimum absolute atomic E-state index is 0.104. The first-order chi connectivity index (χ1) is 9.58. The fraction of sp³-hybridized carbons (Fsp3) is 0.429. The number of rotatable bonds is 4. The van der Waals surface area contributed by atoms with Crippen molar-refractivity contribution in [3.8, 4) is 0 Å². The van der Waals surface area contributed by atoms with E-state index in [1.165, 1.54) is 0 Å². The molecule has 0 spiro atoms. The highest BCUT2D eigenvalue weighted by Crippen LogP contribution is 2.21. The average Bonchev–Trinajstić information content (AvgIpc) is 3.06. The lowest BCUT2D eigenvalue weighted by Crippen LogP contribution is -2.46. The van der Waals surface area contributed by atoms with Gasteiger partial charge in [-0.1, -0.05) is 5.57 Å². The van der Waals surface area contributed by atoms with Gasteiger partial charge in [0.25, 0.3) is 0 Å². The molecule has 6 heteroatoms. The average molecular weight is 294 g/mol. The number of amides is 2. The van der Waals surface area contributed by atoms with E-state index in [1.54, 1.807) is 41.1 Å². The van der Waals surface area contributed by atoms with Gasteiger partial charge in [0.1, 0.15) is 11.8 Å². The van der Waals surface area contributed by atoms with Gasteiger partial charge in [0, 0.05) is 11.8 Å². The zero-order valence-electron chi connectivity index (χ0n) is 11.6. The molecule has 1 aromatic heterocycles. The molecule has 0 aliphatic carbocycles. The summed E-state index contributed by atoms with van der Waals surface area (Å²) in [6.45, 7) is 4.08. The fourth-order valence-electron chi connectivity index (χ4n) is 1.91. The van der Waals surface area contributed by atoms with Crippen LogP contribution in [0.3, 0.4) is 0 Å². The van der Waals surface area contributed by atoms with E-state index in [9.17, 15) is 9.59 Å². The highest BCUT2D eigenvalue weighted by Gasteiger charge is 2.33. The zero-order chi connectivity index (χ0) is 14.5. The molecule has 108 valence electrons. The maximum absolute atomic E-state index is 12.2. The Hall–Kier alpha value is -1.69. The maximum Gasteiger partial charge on any atom is 0.247 e. The molecule has 1 fully saturated rings. The molecule has 0 aromatic carbocycles. The van der Waals surface area contributed by atoms with Crippen LogP contribution in [0.15, 0.2) is 34.5 Å². The van der Waals surface area contributed by atoms with Crippen LogP contribution in [0.2, 0.25) is 0 Å². The van der Waals surface area contributed by atoms with Crippen LogP contribution in [0.5, 0.6) is 0 Å². The lowest BCUT2D eigenvalue weighted by Gasteiger charge is -2.21. The van der Waals surface area contributed by atoms with E-state index >= 15 is 0 Å². The Labute approximate surface area is 122 Å². The summed E-state index contributed by atoms with van der Waals surface area (Å²) in [5.41, 5.74) is 0.932. The predicted molar refractivity (Wildman–Crippen MR) is 77.9 cm³/mol. The van der Waals surface area contributed by atoms with Crippen LogP contribution in [-0.2, 0) is 16.1 Å². The molecule has 0 bridgehead atoms. The molecule has 1 aliphatic heterocycles. The molecule has 5 nitrogen and oxygen atoms in total. The van der Waals surface area contributed by atoms with Gasteiger partial charge in [0.15, 0.2) is 0 Å². The number of thioether (sulfide) groups is 1. The van der Waals surface area contributed by atoms with E-state index in [2.05, 4.69) is 5.32 Å². The van der Waals surface area contributed by atoms with Crippen molar-refractivity contribution in [3.05, 3.63) is 35.8 Å². The number of nitrogens with one attached hydrogen (secondary N) is 1. The summed E-state index contributed by atoms with van der Waals surface area (Å²) >= 11 is 1.59. The van der Waals surface area contributed by atoms with Crippen molar-refractivity contribution in [2.45, 2.75) is 26.4 Å². The van der Waals surface area contributed by atoms with Gasteiger partial charge in [-0.15, -0.1) is 11.8 Å². The molecule has 20 heavy (non-hydrogen) atoms. The van der Waals surface area contributed by atoms with E-state index in [1.807, 2.05) is 13.8 Å². The highest BCUT2D eigenvalue weighted by molar-refractivity contribution is 7.99. The number of hydrogen-bond donors (Lipinski definition) is 1. The van der Waals surface area contributed by atoms with Crippen LogP contribution in [0.25, 0.3) is 0 Å². The van der Waals surface area contributed by atoms with Gasteiger partial charge in [0.05, 0.1) is 18.7 Å². The summed E-state index contributed by atoms with van der Waals surface area (Å²) in [4.78, 5) is 25.8.